The molecule has 3 N–H and O–H groups in total. The molecule has 0 fully saturated rings. The van der Waals surface area contributed by atoms with Gasteiger partial charge in [-0.3, -0.25) is 14.2 Å². The van der Waals surface area contributed by atoms with Gasteiger partial charge in [-0.25, -0.2) is 9.97 Å². The Morgan fingerprint density at radius 1 is 1.20 bits per heavy atom. The van der Waals surface area contributed by atoms with Gasteiger partial charge in [0.2, 0.25) is 5.88 Å². The van der Waals surface area contributed by atoms with Crippen molar-refractivity contribution in [3.8, 4) is 17.1 Å². The van der Waals surface area contributed by atoms with E-state index < -0.39 is 6.23 Å². The Kier molecular flexibility index (Phi) is 5.12. The van der Waals surface area contributed by atoms with Crippen molar-refractivity contribution in [2.24, 2.45) is 0 Å². The summed E-state index contributed by atoms with van der Waals surface area (Å²) in [5, 5.41) is 9.52. The Hall–Kier alpha value is -4.02. The number of amides is 1. The van der Waals surface area contributed by atoms with Gasteiger partial charge in [-0.05, 0) is 56.8 Å². The SMILES string of the molecule is CNC(C)C1Nc2cc(cc(NC(=O)c3cc4c(cn3)COC4)n2)-c2cccc3nc(C)c(n23)O1. The first kappa shape index (κ1) is 21.5. The number of pyridine rings is 3. The van der Waals surface area contributed by atoms with Crippen molar-refractivity contribution in [3.63, 3.8) is 0 Å². The lowest BCUT2D eigenvalue weighted by atomic mass is 10.1. The van der Waals surface area contributed by atoms with Crippen molar-refractivity contribution in [1.29, 1.82) is 0 Å². The third kappa shape index (κ3) is 3.76. The number of aryl methyl sites for hydroxylation is 1. The topological polar surface area (TPSA) is 115 Å². The van der Waals surface area contributed by atoms with Crippen LogP contribution in [-0.4, -0.2) is 44.6 Å². The van der Waals surface area contributed by atoms with Gasteiger partial charge in [0.15, 0.2) is 6.23 Å². The summed E-state index contributed by atoms with van der Waals surface area (Å²) in [6.45, 7) is 4.96. The number of ether oxygens (including phenoxy) is 2. The number of hydrogen-bond donors (Lipinski definition) is 3. The molecule has 10 heteroatoms. The van der Waals surface area contributed by atoms with Gasteiger partial charge < -0.3 is 25.4 Å². The molecule has 0 spiro atoms. The fourth-order valence-electron chi connectivity index (χ4n) is 4.40. The first-order valence-corrected chi connectivity index (χ1v) is 11.5. The van der Waals surface area contributed by atoms with Crippen LogP contribution in [0.2, 0.25) is 0 Å². The zero-order valence-electron chi connectivity index (χ0n) is 19.6. The molecule has 4 aromatic rings. The average Bonchev–Trinajstić information content (AvgIpc) is 3.46. The largest absolute Gasteiger partial charge is 0.452 e. The molecule has 0 saturated carbocycles. The van der Waals surface area contributed by atoms with E-state index in [1.54, 1.807) is 12.3 Å². The van der Waals surface area contributed by atoms with Crippen LogP contribution in [-0.2, 0) is 18.0 Å². The highest BCUT2D eigenvalue weighted by Crippen LogP contribution is 2.33. The van der Waals surface area contributed by atoms with Crippen LogP contribution in [0.25, 0.3) is 16.9 Å². The maximum absolute atomic E-state index is 13.1. The Bertz CT molecular complexity index is 1470. The standard InChI is InChI=1S/C25H25N7O3/c1-13(26-3)24-31-21-9-15(19-5-4-6-22-28-14(2)25(35-24)32(19)22)8-20(29-21)30-23(33)18-7-16-11-34-12-17(16)10-27-18/h4-10,13,24,26H,11-12H2,1-3H3,(H2,29,30,31,33). The fourth-order valence-corrected chi connectivity index (χ4v) is 4.40. The van der Waals surface area contributed by atoms with E-state index in [9.17, 15) is 4.79 Å². The Labute approximate surface area is 201 Å². The van der Waals surface area contributed by atoms with Crippen molar-refractivity contribution >= 4 is 23.2 Å². The lowest BCUT2D eigenvalue weighted by molar-refractivity contribution is 0.102. The maximum Gasteiger partial charge on any atom is 0.275 e. The third-order valence-corrected chi connectivity index (χ3v) is 6.40. The van der Waals surface area contributed by atoms with Crippen molar-refractivity contribution in [2.45, 2.75) is 39.3 Å². The van der Waals surface area contributed by atoms with Gasteiger partial charge in [0.25, 0.3) is 5.91 Å². The van der Waals surface area contributed by atoms with Gasteiger partial charge in [-0.15, -0.1) is 0 Å². The van der Waals surface area contributed by atoms with E-state index in [0.717, 1.165) is 33.7 Å². The Balaban J connectivity index is 1.44. The quantitative estimate of drug-likeness (QED) is 0.416. The number of hydrogen-bond acceptors (Lipinski definition) is 8. The van der Waals surface area contributed by atoms with Crippen molar-refractivity contribution < 1.29 is 14.3 Å². The Morgan fingerprint density at radius 3 is 2.91 bits per heavy atom. The first-order chi connectivity index (χ1) is 17.0. The predicted molar refractivity (Wildman–Crippen MR) is 130 cm³/mol. The number of nitrogens with one attached hydrogen (secondary N) is 3. The molecular formula is C25H25N7O3. The average molecular weight is 472 g/mol. The molecule has 6 heterocycles. The first-order valence-electron chi connectivity index (χ1n) is 11.5. The van der Waals surface area contributed by atoms with E-state index >= 15 is 0 Å². The lowest BCUT2D eigenvalue weighted by Crippen LogP contribution is -2.44. The summed E-state index contributed by atoms with van der Waals surface area (Å²) in [4.78, 5) is 26.7. The molecule has 2 bridgehead atoms. The minimum atomic E-state index is -0.436. The monoisotopic (exact) mass is 471 g/mol. The molecule has 6 rings (SSSR count). The zero-order valence-corrected chi connectivity index (χ0v) is 19.6. The number of imidazole rings is 1. The molecule has 2 aliphatic heterocycles. The van der Waals surface area contributed by atoms with Crippen LogP contribution in [0, 0.1) is 6.92 Å². The summed E-state index contributed by atoms with van der Waals surface area (Å²) in [5.41, 5.74) is 5.62. The summed E-state index contributed by atoms with van der Waals surface area (Å²) in [5.74, 6) is 1.31. The van der Waals surface area contributed by atoms with Crippen molar-refractivity contribution in [3.05, 3.63) is 65.1 Å². The molecule has 0 aliphatic carbocycles. The van der Waals surface area contributed by atoms with Crippen molar-refractivity contribution in [2.75, 3.05) is 17.7 Å². The van der Waals surface area contributed by atoms with Gasteiger partial charge in [0.05, 0.1) is 24.9 Å². The molecule has 4 aromatic heterocycles. The van der Waals surface area contributed by atoms with Crippen LogP contribution in [0.5, 0.6) is 5.88 Å². The number of carbonyl (C=O) groups is 1. The molecule has 0 aromatic carbocycles. The number of aromatic nitrogens is 4. The highest BCUT2D eigenvalue weighted by molar-refractivity contribution is 6.02. The van der Waals surface area contributed by atoms with Gasteiger partial charge >= 0.3 is 0 Å². The minimum absolute atomic E-state index is 0.0495. The number of rotatable bonds is 4. The van der Waals surface area contributed by atoms with Gasteiger partial charge in [-0.2, -0.15) is 0 Å². The number of anilines is 2. The van der Waals surface area contributed by atoms with E-state index in [1.807, 2.05) is 55.6 Å². The molecular weight excluding hydrogens is 446 g/mol. The highest BCUT2D eigenvalue weighted by atomic mass is 16.5. The Morgan fingerprint density at radius 2 is 2.06 bits per heavy atom. The van der Waals surface area contributed by atoms with Crippen LogP contribution in [0.1, 0.15) is 34.2 Å². The van der Waals surface area contributed by atoms with Gasteiger partial charge in [0, 0.05) is 17.3 Å². The van der Waals surface area contributed by atoms with E-state index in [1.165, 1.54) is 0 Å². The smallest absolute Gasteiger partial charge is 0.275 e. The van der Waals surface area contributed by atoms with E-state index in [0.29, 0.717) is 36.4 Å². The number of fused-ring (bicyclic) bond motifs is 4. The summed E-state index contributed by atoms with van der Waals surface area (Å²) in [6.07, 6.45) is 1.26. The minimum Gasteiger partial charge on any atom is -0.452 e. The molecule has 178 valence electrons. The second-order valence-corrected chi connectivity index (χ2v) is 8.78. The van der Waals surface area contributed by atoms with Crippen LogP contribution in [0.4, 0.5) is 11.6 Å². The summed E-state index contributed by atoms with van der Waals surface area (Å²) in [6, 6.07) is 11.4. The molecule has 2 atom stereocenters. The van der Waals surface area contributed by atoms with E-state index in [-0.39, 0.29) is 11.9 Å². The molecule has 10 nitrogen and oxygen atoms in total. The van der Waals surface area contributed by atoms with Crippen LogP contribution in [0.3, 0.4) is 0 Å². The summed E-state index contributed by atoms with van der Waals surface area (Å²) in [7, 11) is 1.87. The summed E-state index contributed by atoms with van der Waals surface area (Å²) >= 11 is 0. The van der Waals surface area contributed by atoms with Gasteiger partial charge in [-0.1, -0.05) is 6.07 Å². The molecule has 0 radical (unpaired) electrons. The maximum atomic E-state index is 13.1. The second kappa shape index (κ2) is 8.33. The van der Waals surface area contributed by atoms with Crippen LogP contribution >= 0.6 is 0 Å². The summed E-state index contributed by atoms with van der Waals surface area (Å²) < 4.78 is 13.9. The van der Waals surface area contributed by atoms with E-state index in [4.69, 9.17) is 9.47 Å². The lowest BCUT2D eigenvalue weighted by Gasteiger charge is -2.25. The van der Waals surface area contributed by atoms with E-state index in [2.05, 4.69) is 30.9 Å². The number of nitrogens with zero attached hydrogens (tertiary/aromatic N) is 4. The normalized spacial score (nSPS) is 16.9. The third-order valence-electron chi connectivity index (χ3n) is 6.40. The van der Waals surface area contributed by atoms with Gasteiger partial charge in [0.1, 0.15) is 28.7 Å². The highest BCUT2D eigenvalue weighted by Gasteiger charge is 2.26. The molecule has 1 amide bonds. The predicted octanol–water partition coefficient (Wildman–Crippen LogP) is 3.12. The van der Waals surface area contributed by atoms with Crippen LogP contribution < -0.4 is 20.7 Å². The van der Waals surface area contributed by atoms with Crippen molar-refractivity contribution in [1.82, 2.24) is 24.7 Å². The molecule has 35 heavy (non-hydrogen) atoms. The zero-order chi connectivity index (χ0) is 24.1. The second-order valence-electron chi connectivity index (χ2n) is 8.78. The van der Waals surface area contributed by atoms with Crippen LogP contribution in [0.15, 0.2) is 42.6 Å². The molecule has 2 unspecified atom stereocenters. The molecule has 2 aliphatic rings. The number of likely N-dealkylation sites (N-methyl/N-ethyl adjacent to an activating group) is 1. The fraction of sp³-hybridized carbons (Fsp3) is 0.280. The molecule has 0 saturated heterocycles. The number of carbonyl (C=O) groups excluding carboxylic acids is 1.